The van der Waals surface area contributed by atoms with E-state index in [1.54, 1.807) is 44.2 Å². The number of anilines is 1. The third kappa shape index (κ3) is 7.22. The number of halogens is 2. The molecule has 0 fully saturated rings. The Morgan fingerprint density at radius 2 is 1.43 bits per heavy atom. The number of amides is 3. The third-order valence-corrected chi connectivity index (χ3v) is 7.20. The van der Waals surface area contributed by atoms with Crippen molar-refractivity contribution in [2.75, 3.05) is 4.72 Å². The monoisotopic (exact) mass is 562 g/mol. The number of rotatable bonds is 8. The Morgan fingerprint density at radius 3 is 2.08 bits per heavy atom. The number of sulfonamides is 1. The number of hydrazine groups is 1. The Labute approximate surface area is 224 Å². The van der Waals surface area contributed by atoms with Gasteiger partial charge >= 0.3 is 0 Å². The maximum atomic E-state index is 12.8. The van der Waals surface area contributed by atoms with Crippen LogP contribution in [0.5, 0.6) is 0 Å². The van der Waals surface area contributed by atoms with Crippen molar-refractivity contribution in [2.24, 2.45) is 5.92 Å². The van der Waals surface area contributed by atoms with Gasteiger partial charge in [0.2, 0.25) is 0 Å². The molecular weight excluding hydrogens is 539 g/mol. The summed E-state index contributed by atoms with van der Waals surface area (Å²) in [6, 6.07) is 17.0. The van der Waals surface area contributed by atoms with E-state index in [0.717, 1.165) is 6.07 Å². The number of hydrogen-bond acceptors (Lipinski definition) is 5. The van der Waals surface area contributed by atoms with Crippen LogP contribution in [0.4, 0.5) is 5.69 Å². The van der Waals surface area contributed by atoms with E-state index in [1.807, 2.05) is 0 Å². The maximum absolute atomic E-state index is 12.8. The summed E-state index contributed by atoms with van der Waals surface area (Å²) < 4.78 is 27.9. The molecule has 3 amide bonds. The van der Waals surface area contributed by atoms with Gasteiger partial charge in [-0.05, 0) is 48.4 Å². The van der Waals surface area contributed by atoms with Crippen molar-refractivity contribution in [2.45, 2.75) is 24.8 Å². The summed E-state index contributed by atoms with van der Waals surface area (Å²) in [5, 5.41) is 3.05. The van der Waals surface area contributed by atoms with Crippen LogP contribution in [-0.2, 0) is 14.8 Å². The highest BCUT2D eigenvalue weighted by Gasteiger charge is 2.26. The van der Waals surface area contributed by atoms with Crippen molar-refractivity contribution in [3.8, 4) is 0 Å². The standard InChI is InChI=1S/C25H24Cl2N4O5S/c1-15(2)22(28-24(33)18-10-3-4-11-19(18)26)25(34)30-29-23(32)16-8-7-9-17(14-16)37(35,36)31-21-13-6-5-12-20(21)27/h3-15,22,31H,1-2H3,(H,28,33)(H,29,32)(H,30,34)/t22-/m1/s1. The lowest BCUT2D eigenvalue weighted by atomic mass is 10.0. The van der Waals surface area contributed by atoms with Gasteiger partial charge in [0.1, 0.15) is 6.04 Å². The largest absolute Gasteiger partial charge is 0.340 e. The highest BCUT2D eigenvalue weighted by molar-refractivity contribution is 7.92. The first-order valence-electron chi connectivity index (χ1n) is 11.0. The van der Waals surface area contributed by atoms with Crippen LogP contribution < -0.4 is 20.9 Å². The molecule has 0 spiro atoms. The second-order valence-electron chi connectivity index (χ2n) is 8.23. The average molecular weight is 563 g/mol. The van der Waals surface area contributed by atoms with Crippen molar-refractivity contribution in [1.82, 2.24) is 16.2 Å². The summed E-state index contributed by atoms with van der Waals surface area (Å²) >= 11 is 12.1. The summed E-state index contributed by atoms with van der Waals surface area (Å²) in [5.41, 5.74) is 4.88. The lowest BCUT2D eigenvalue weighted by Crippen LogP contribution is -2.54. The molecule has 0 aliphatic carbocycles. The summed E-state index contributed by atoms with van der Waals surface area (Å²) in [7, 11) is -4.05. The van der Waals surface area contributed by atoms with Crippen LogP contribution in [-0.4, -0.2) is 32.2 Å². The van der Waals surface area contributed by atoms with Gasteiger partial charge in [-0.25, -0.2) is 8.42 Å². The first-order valence-corrected chi connectivity index (χ1v) is 13.3. The normalized spacial score (nSPS) is 11.9. The molecule has 0 saturated heterocycles. The van der Waals surface area contributed by atoms with Crippen LogP contribution >= 0.6 is 23.2 Å². The SMILES string of the molecule is CC(C)[C@@H](NC(=O)c1ccccc1Cl)C(=O)NNC(=O)c1cccc(S(=O)(=O)Nc2ccccc2Cl)c1. The van der Waals surface area contributed by atoms with Gasteiger partial charge in [-0.2, -0.15) is 0 Å². The molecule has 1 atom stereocenters. The first kappa shape index (κ1) is 28.0. The van der Waals surface area contributed by atoms with Crippen molar-refractivity contribution in [1.29, 1.82) is 0 Å². The number of hydrogen-bond donors (Lipinski definition) is 4. The molecule has 0 aromatic heterocycles. The van der Waals surface area contributed by atoms with Crippen LogP contribution in [0.1, 0.15) is 34.6 Å². The summed E-state index contributed by atoms with van der Waals surface area (Å²) in [6.07, 6.45) is 0. The quantitative estimate of drug-likeness (QED) is 0.308. The molecule has 4 N–H and O–H groups in total. The molecule has 12 heteroatoms. The molecule has 9 nitrogen and oxygen atoms in total. The Bertz CT molecular complexity index is 1430. The Kier molecular flexibility index (Phi) is 9.14. The van der Waals surface area contributed by atoms with E-state index in [1.165, 1.54) is 36.4 Å². The van der Waals surface area contributed by atoms with Crippen LogP contribution in [0, 0.1) is 5.92 Å². The van der Waals surface area contributed by atoms with Gasteiger partial charge in [0.25, 0.3) is 27.7 Å². The van der Waals surface area contributed by atoms with Crippen molar-refractivity contribution < 1.29 is 22.8 Å². The van der Waals surface area contributed by atoms with E-state index < -0.39 is 33.8 Å². The molecule has 37 heavy (non-hydrogen) atoms. The molecule has 3 aromatic carbocycles. The summed E-state index contributed by atoms with van der Waals surface area (Å²) in [6.45, 7) is 3.44. The third-order valence-electron chi connectivity index (χ3n) is 5.18. The number of carbonyl (C=O) groups excluding carboxylic acids is 3. The van der Waals surface area contributed by atoms with Gasteiger partial charge in [-0.1, -0.05) is 67.4 Å². The summed E-state index contributed by atoms with van der Waals surface area (Å²) in [5.74, 6) is -2.31. The fourth-order valence-corrected chi connectivity index (χ4v) is 4.81. The molecule has 0 radical (unpaired) electrons. The topological polar surface area (TPSA) is 133 Å². The zero-order chi connectivity index (χ0) is 27.2. The molecule has 0 bridgehead atoms. The first-order chi connectivity index (χ1) is 17.5. The van der Waals surface area contributed by atoms with Crippen LogP contribution in [0.3, 0.4) is 0 Å². The fourth-order valence-electron chi connectivity index (χ4n) is 3.22. The van der Waals surface area contributed by atoms with Gasteiger partial charge in [-0.3, -0.25) is 30.0 Å². The summed E-state index contributed by atoms with van der Waals surface area (Å²) in [4.78, 5) is 37.8. The van der Waals surface area contributed by atoms with Crippen molar-refractivity contribution in [3.05, 3.63) is 94.0 Å². The zero-order valence-corrected chi connectivity index (χ0v) is 22.1. The molecular formula is C25H24Cl2N4O5S. The van der Waals surface area contributed by atoms with E-state index in [2.05, 4.69) is 20.9 Å². The Balaban J connectivity index is 1.67. The number of para-hydroxylation sites is 1. The van der Waals surface area contributed by atoms with Gasteiger partial charge < -0.3 is 5.32 Å². The predicted octanol–water partition coefficient (Wildman–Crippen LogP) is 4.01. The number of carbonyl (C=O) groups is 3. The van der Waals surface area contributed by atoms with Gasteiger partial charge in [0.05, 0.1) is 26.2 Å². The number of nitrogens with one attached hydrogen (secondary N) is 4. The van der Waals surface area contributed by atoms with Gasteiger partial charge in [-0.15, -0.1) is 0 Å². The zero-order valence-electron chi connectivity index (χ0n) is 19.8. The minimum atomic E-state index is -4.05. The fraction of sp³-hybridized carbons (Fsp3) is 0.160. The second-order valence-corrected chi connectivity index (χ2v) is 10.7. The van der Waals surface area contributed by atoms with E-state index in [4.69, 9.17) is 23.2 Å². The van der Waals surface area contributed by atoms with E-state index in [0.29, 0.717) is 0 Å². The maximum Gasteiger partial charge on any atom is 0.269 e. The lowest BCUT2D eigenvalue weighted by molar-refractivity contribution is -0.124. The van der Waals surface area contributed by atoms with Crippen LogP contribution in [0.2, 0.25) is 10.0 Å². The minimum Gasteiger partial charge on any atom is -0.340 e. The van der Waals surface area contributed by atoms with Gasteiger partial charge in [0.15, 0.2) is 0 Å². The molecule has 0 heterocycles. The highest BCUT2D eigenvalue weighted by Crippen LogP contribution is 2.24. The molecule has 0 saturated carbocycles. The van der Waals surface area contributed by atoms with Gasteiger partial charge in [0, 0.05) is 5.56 Å². The van der Waals surface area contributed by atoms with E-state index in [-0.39, 0.29) is 37.7 Å². The van der Waals surface area contributed by atoms with Crippen molar-refractivity contribution in [3.63, 3.8) is 0 Å². The lowest BCUT2D eigenvalue weighted by Gasteiger charge is -2.22. The molecule has 0 unspecified atom stereocenters. The number of benzene rings is 3. The van der Waals surface area contributed by atoms with Crippen LogP contribution in [0.15, 0.2) is 77.7 Å². The smallest absolute Gasteiger partial charge is 0.269 e. The Morgan fingerprint density at radius 1 is 0.784 bits per heavy atom. The molecule has 0 aliphatic heterocycles. The molecule has 0 aliphatic rings. The van der Waals surface area contributed by atoms with Crippen LogP contribution in [0.25, 0.3) is 0 Å². The average Bonchev–Trinajstić information content (AvgIpc) is 2.87. The molecule has 3 aromatic rings. The highest BCUT2D eigenvalue weighted by atomic mass is 35.5. The Hall–Kier alpha value is -3.60. The molecule has 194 valence electrons. The molecule has 3 rings (SSSR count). The van der Waals surface area contributed by atoms with E-state index >= 15 is 0 Å². The van der Waals surface area contributed by atoms with Crippen molar-refractivity contribution >= 4 is 56.6 Å². The van der Waals surface area contributed by atoms with E-state index in [9.17, 15) is 22.8 Å². The predicted molar refractivity (Wildman–Crippen MR) is 142 cm³/mol. The minimum absolute atomic E-state index is 0.0245. The second kappa shape index (κ2) is 12.1.